The summed E-state index contributed by atoms with van der Waals surface area (Å²) >= 11 is 0. The van der Waals surface area contributed by atoms with Crippen LogP contribution in [0.4, 0.5) is 5.69 Å². The van der Waals surface area contributed by atoms with Crippen molar-refractivity contribution < 1.29 is 12.8 Å². The Labute approximate surface area is 117 Å². The monoisotopic (exact) mass is 287 g/mol. The first-order valence-electron chi connectivity index (χ1n) is 6.12. The number of fused-ring (bicyclic) bond motifs is 1. The highest BCUT2D eigenvalue weighted by molar-refractivity contribution is 7.92. The van der Waals surface area contributed by atoms with E-state index in [1.165, 1.54) is 6.26 Å². The molecular weight excluding hydrogens is 274 g/mol. The second kappa shape index (κ2) is 4.68. The molecule has 0 fully saturated rings. The molecule has 1 aromatic heterocycles. The van der Waals surface area contributed by atoms with Gasteiger partial charge >= 0.3 is 0 Å². The quantitative estimate of drug-likeness (QED) is 0.801. The van der Waals surface area contributed by atoms with Crippen molar-refractivity contribution in [2.45, 2.75) is 11.8 Å². The Kier molecular flexibility index (Phi) is 2.99. The Balaban J connectivity index is 2.01. The van der Waals surface area contributed by atoms with Crippen LogP contribution in [-0.2, 0) is 10.0 Å². The van der Waals surface area contributed by atoms with E-state index in [1.807, 2.05) is 13.0 Å². The van der Waals surface area contributed by atoms with Gasteiger partial charge in [0.05, 0.1) is 16.8 Å². The van der Waals surface area contributed by atoms with Gasteiger partial charge in [0.15, 0.2) is 5.58 Å². The Morgan fingerprint density at radius 2 is 1.75 bits per heavy atom. The van der Waals surface area contributed by atoms with Gasteiger partial charge in [-0.1, -0.05) is 29.8 Å². The van der Waals surface area contributed by atoms with Crippen molar-refractivity contribution in [2.75, 3.05) is 4.72 Å². The van der Waals surface area contributed by atoms with Gasteiger partial charge in [0.1, 0.15) is 0 Å². The third-order valence-corrected chi connectivity index (χ3v) is 4.44. The van der Waals surface area contributed by atoms with E-state index in [0.29, 0.717) is 11.3 Å². The number of benzene rings is 2. The number of sulfonamides is 1. The molecule has 1 heterocycles. The van der Waals surface area contributed by atoms with Gasteiger partial charge in [-0.15, -0.1) is 0 Å². The molecular formula is C15H13NO3S. The van der Waals surface area contributed by atoms with Gasteiger partial charge in [-0.05, 0) is 31.2 Å². The third kappa shape index (κ3) is 2.28. The van der Waals surface area contributed by atoms with E-state index in [4.69, 9.17) is 4.42 Å². The van der Waals surface area contributed by atoms with E-state index in [9.17, 15) is 8.42 Å². The summed E-state index contributed by atoms with van der Waals surface area (Å²) in [5, 5.41) is 0.856. The summed E-state index contributed by atoms with van der Waals surface area (Å²) in [6.07, 6.45) is 1.54. The normalized spacial score (nSPS) is 11.7. The van der Waals surface area contributed by atoms with Crippen LogP contribution in [0, 0.1) is 6.92 Å². The number of hydrogen-bond donors (Lipinski definition) is 1. The maximum atomic E-state index is 12.3. The van der Waals surface area contributed by atoms with Gasteiger partial charge in [-0.3, -0.25) is 4.72 Å². The maximum absolute atomic E-state index is 12.3. The molecule has 0 saturated heterocycles. The zero-order chi connectivity index (χ0) is 14.2. The molecule has 102 valence electrons. The van der Waals surface area contributed by atoms with Crippen LogP contribution in [0.5, 0.6) is 0 Å². The molecule has 2 aromatic carbocycles. The zero-order valence-electron chi connectivity index (χ0n) is 10.8. The highest BCUT2D eigenvalue weighted by Gasteiger charge is 2.16. The molecule has 0 radical (unpaired) electrons. The van der Waals surface area contributed by atoms with Gasteiger partial charge in [0.25, 0.3) is 10.0 Å². The summed E-state index contributed by atoms with van der Waals surface area (Å²) in [5.74, 6) is 0. The minimum absolute atomic E-state index is 0.228. The SMILES string of the molecule is Cc1ccc(S(=O)(=O)Nc2cccc3ccoc23)cc1. The summed E-state index contributed by atoms with van der Waals surface area (Å²) in [5.41, 5.74) is 1.98. The standard InChI is InChI=1S/C15H13NO3S/c1-11-5-7-13(8-6-11)20(17,18)16-14-4-2-3-12-9-10-19-15(12)14/h2-10,16H,1H3. The Morgan fingerprint density at radius 1 is 1.00 bits per heavy atom. The van der Waals surface area contributed by atoms with Crippen molar-refractivity contribution in [2.24, 2.45) is 0 Å². The number of aryl methyl sites for hydroxylation is 1. The van der Waals surface area contributed by atoms with Crippen LogP contribution in [0.3, 0.4) is 0 Å². The van der Waals surface area contributed by atoms with Gasteiger partial charge in [0, 0.05) is 5.39 Å². The van der Waals surface area contributed by atoms with E-state index in [1.54, 1.807) is 42.5 Å². The lowest BCUT2D eigenvalue weighted by Crippen LogP contribution is -2.12. The fraction of sp³-hybridized carbons (Fsp3) is 0.0667. The summed E-state index contributed by atoms with van der Waals surface area (Å²) in [6.45, 7) is 1.91. The number of furan rings is 1. The highest BCUT2D eigenvalue weighted by Crippen LogP contribution is 2.26. The van der Waals surface area contributed by atoms with Crippen LogP contribution < -0.4 is 4.72 Å². The minimum Gasteiger partial charge on any atom is -0.462 e. The van der Waals surface area contributed by atoms with E-state index in [-0.39, 0.29) is 4.90 Å². The average Bonchev–Trinajstić information content (AvgIpc) is 2.88. The Bertz CT molecular complexity index is 848. The molecule has 0 aliphatic heterocycles. The Hall–Kier alpha value is -2.27. The predicted molar refractivity (Wildman–Crippen MR) is 78.2 cm³/mol. The molecule has 0 aliphatic carbocycles. The molecule has 0 atom stereocenters. The number of anilines is 1. The summed E-state index contributed by atoms with van der Waals surface area (Å²) < 4.78 is 32.5. The van der Waals surface area contributed by atoms with E-state index < -0.39 is 10.0 Å². The first-order chi connectivity index (χ1) is 9.56. The van der Waals surface area contributed by atoms with Crippen LogP contribution >= 0.6 is 0 Å². The first kappa shape index (κ1) is 12.7. The van der Waals surface area contributed by atoms with Crippen molar-refractivity contribution in [1.82, 2.24) is 0 Å². The molecule has 0 saturated carbocycles. The second-order valence-electron chi connectivity index (χ2n) is 4.56. The smallest absolute Gasteiger partial charge is 0.262 e. The largest absolute Gasteiger partial charge is 0.462 e. The minimum atomic E-state index is -3.61. The van der Waals surface area contributed by atoms with Crippen molar-refractivity contribution >= 4 is 26.7 Å². The molecule has 0 aliphatic rings. The fourth-order valence-corrected chi connectivity index (χ4v) is 3.06. The first-order valence-corrected chi connectivity index (χ1v) is 7.60. The van der Waals surface area contributed by atoms with Crippen molar-refractivity contribution in [3.8, 4) is 0 Å². The molecule has 0 unspecified atom stereocenters. The summed E-state index contributed by atoms with van der Waals surface area (Å²) in [7, 11) is -3.61. The van der Waals surface area contributed by atoms with E-state index >= 15 is 0 Å². The predicted octanol–water partition coefficient (Wildman–Crippen LogP) is 3.54. The molecule has 3 aromatic rings. The fourth-order valence-electron chi connectivity index (χ4n) is 1.99. The second-order valence-corrected chi connectivity index (χ2v) is 6.25. The van der Waals surface area contributed by atoms with Gasteiger partial charge in [-0.2, -0.15) is 0 Å². The molecule has 20 heavy (non-hydrogen) atoms. The van der Waals surface area contributed by atoms with Crippen LogP contribution in [0.1, 0.15) is 5.56 Å². The topological polar surface area (TPSA) is 59.3 Å². The average molecular weight is 287 g/mol. The maximum Gasteiger partial charge on any atom is 0.262 e. The molecule has 4 nitrogen and oxygen atoms in total. The van der Waals surface area contributed by atoms with E-state index in [0.717, 1.165) is 10.9 Å². The number of rotatable bonds is 3. The lowest BCUT2D eigenvalue weighted by Gasteiger charge is -2.08. The van der Waals surface area contributed by atoms with Gasteiger partial charge in [-0.25, -0.2) is 8.42 Å². The van der Waals surface area contributed by atoms with Crippen molar-refractivity contribution in [3.05, 3.63) is 60.4 Å². The molecule has 0 bridgehead atoms. The van der Waals surface area contributed by atoms with Crippen LogP contribution in [-0.4, -0.2) is 8.42 Å². The van der Waals surface area contributed by atoms with Crippen molar-refractivity contribution in [1.29, 1.82) is 0 Å². The van der Waals surface area contributed by atoms with Gasteiger partial charge in [0.2, 0.25) is 0 Å². The lowest BCUT2D eigenvalue weighted by atomic mass is 10.2. The molecule has 5 heteroatoms. The van der Waals surface area contributed by atoms with Crippen LogP contribution in [0.25, 0.3) is 11.0 Å². The number of para-hydroxylation sites is 1. The highest BCUT2D eigenvalue weighted by atomic mass is 32.2. The molecule has 0 spiro atoms. The summed E-state index contributed by atoms with van der Waals surface area (Å²) in [4.78, 5) is 0.228. The summed E-state index contributed by atoms with van der Waals surface area (Å²) in [6, 6.07) is 13.8. The van der Waals surface area contributed by atoms with E-state index in [2.05, 4.69) is 4.72 Å². The van der Waals surface area contributed by atoms with Crippen LogP contribution in [0.2, 0.25) is 0 Å². The van der Waals surface area contributed by atoms with Gasteiger partial charge < -0.3 is 4.42 Å². The zero-order valence-corrected chi connectivity index (χ0v) is 11.6. The molecule has 1 N–H and O–H groups in total. The molecule has 0 amide bonds. The number of nitrogens with one attached hydrogen (secondary N) is 1. The lowest BCUT2D eigenvalue weighted by molar-refractivity contribution is 0.599. The third-order valence-electron chi connectivity index (χ3n) is 3.05. The van der Waals surface area contributed by atoms with Crippen molar-refractivity contribution in [3.63, 3.8) is 0 Å². The molecule has 3 rings (SSSR count). The number of hydrogen-bond acceptors (Lipinski definition) is 3. The van der Waals surface area contributed by atoms with Crippen LogP contribution in [0.15, 0.2) is 64.1 Å². The Morgan fingerprint density at radius 3 is 2.50 bits per heavy atom.